The van der Waals surface area contributed by atoms with E-state index in [0.717, 1.165) is 11.4 Å². The lowest BCUT2D eigenvalue weighted by Gasteiger charge is -2.05. The van der Waals surface area contributed by atoms with Gasteiger partial charge in [-0.05, 0) is 18.3 Å². The molecule has 0 atom stereocenters. The minimum Gasteiger partial charge on any atom is -0.327 e. The lowest BCUT2D eigenvalue weighted by Crippen LogP contribution is -2.34. The highest BCUT2D eigenvalue weighted by molar-refractivity contribution is 7.80. The van der Waals surface area contributed by atoms with Crippen molar-refractivity contribution in [3.8, 4) is 0 Å². The molecule has 4 nitrogen and oxygen atoms in total. The highest BCUT2D eigenvalue weighted by atomic mass is 32.1. The number of rotatable bonds is 1. The molecule has 5 heteroatoms. The van der Waals surface area contributed by atoms with Crippen LogP contribution in [0.5, 0.6) is 0 Å². The van der Waals surface area contributed by atoms with E-state index in [9.17, 15) is 0 Å². The molecule has 0 fully saturated rings. The van der Waals surface area contributed by atoms with Crippen LogP contribution in [0.4, 0.5) is 5.69 Å². The second kappa shape index (κ2) is 3.99. The molecule has 1 aromatic heterocycles. The molecule has 5 N–H and O–H groups in total. The van der Waals surface area contributed by atoms with Gasteiger partial charge in [-0.2, -0.15) is 0 Å². The van der Waals surface area contributed by atoms with Gasteiger partial charge >= 0.3 is 0 Å². The molecule has 0 aliphatic heterocycles. The van der Waals surface area contributed by atoms with Crippen molar-refractivity contribution in [2.24, 2.45) is 5.84 Å². The molecule has 0 saturated heterocycles. The lowest BCUT2D eigenvalue weighted by atomic mass is 10.3. The summed E-state index contributed by atoms with van der Waals surface area (Å²) in [5.41, 5.74) is 4.27. The highest BCUT2D eigenvalue weighted by Crippen LogP contribution is 2.06. The highest BCUT2D eigenvalue weighted by Gasteiger charge is 2.02. The number of hydrogen-bond acceptors (Lipinski definition) is 2. The molecule has 0 aliphatic carbocycles. The first-order chi connectivity index (χ1) is 5.74. The van der Waals surface area contributed by atoms with E-state index in [1.54, 1.807) is 0 Å². The predicted octanol–water partition coefficient (Wildman–Crippen LogP) is -0.0308. The van der Waals surface area contributed by atoms with Crippen molar-refractivity contribution in [3.63, 3.8) is 0 Å². The van der Waals surface area contributed by atoms with E-state index in [-0.39, 0.29) is 0 Å². The van der Waals surface area contributed by atoms with Crippen LogP contribution in [0.15, 0.2) is 18.3 Å². The van der Waals surface area contributed by atoms with Crippen LogP contribution >= 0.6 is 12.2 Å². The number of aromatic nitrogens is 1. The van der Waals surface area contributed by atoms with Crippen molar-refractivity contribution in [1.29, 1.82) is 0 Å². The number of nitrogens with one attached hydrogen (secondary N) is 3. The summed E-state index contributed by atoms with van der Waals surface area (Å²) in [6, 6.07) is 3.80. The van der Waals surface area contributed by atoms with Crippen molar-refractivity contribution in [2.75, 3.05) is 5.32 Å². The Bertz CT molecular complexity index is 286. The van der Waals surface area contributed by atoms with Crippen LogP contribution < -0.4 is 21.6 Å². The van der Waals surface area contributed by atoms with Crippen LogP contribution in [-0.4, -0.2) is 5.11 Å². The molecule has 12 heavy (non-hydrogen) atoms. The maximum absolute atomic E-state index is 5.11. The van der Waals surface area contributed by atoms with Crippen LogP contribution in [0, 0.1) is 6.92 Å². The van der Waals surface area contributed by atoms with Crippen molar-refractivity contribution in [1.82, 2.24) is 5.43 Å². The first kappa shape index (κ1) is 8.89. The Morgan fingerprint density at radius 2 is 2.42 bits per heavy atom. The van der Waals surface area contributed by atoms with E-state index in [4.69, 9.17) is 18.1 Å². The van der Waals surface area contributed by atoms with Crippen molar-refractivity contribution in [3.05, 3.63) is 24.0 Å². The van der Waals surface area contributed by atoms with Gasteiger partial charge in [-0.3, -0.25) is 0 Å². The summed E-state index contributed by atoms with van der Waals surface area (Å²) in [7, 11) is 0. The summed E-state index contributed by atoms with van der Waals surface area (Å²) in [6.45, 7) is 1.95. The van der Waals surface area contributed by atoms with E-state index in [0.29, 0.717) is 5.11 Å². The Morgan fingerprint density at radius 3 is 3.00 bits per heavy atom. The first-order valence-corrected chi connectivity index (χ1v) is 3.90. The Balaban J connectivity index is 2.75. The Labute approximate surface area is 76.1 Å². The number of nitrogens with two attached hydrogens (primary N) is 1. The Hall–Kier alpha value is -1.20. The van der Waals surface area contributed by atoms with Gasteiger partial charge in [-0.25, -0.2) is 10.8 Å². The molecule has 0 aliphatic rings. The van der Waals surface area contributed by atoms with Gasteiger partial charge in [0, 0.05) is 13.0 Å². The number of aromatic amines is 1. The number of aryl methyl sites for hydroxylation is 1. The number of thiocarbonyl (C=S) groups is 1. The molecule has 0 radical (unpaired) electrons. The third kappa shape index (κ3) is 2.14. The largest absolute Gasteiger partial charge is 0.327 e. The zero-order valence-corrected chi connectivity index (χ0v) is 7.53. The first-order valence-electron chi connectivity index (χ1n) is 3.49. The summed E-state index contributed by atoms with van der Waals surface area (Å²) in [5, 5.41) is 3.32. The third-order valence-electron chi connectivity index (χ3n) is 1.44. The molecule has 64 valence electrons. The van der Waals surface area contributed by atoms with E-state index < -0.39 is 0 Å². The molecular formula is C7H11N4S+. The molecule has 0 spiro atoms. The molecule has 1 aromatic rings. The normalized spacial score (nSPS) is 9.17. The fraction of sp³-hybridized carbons (Fsp3) is 0.143. The number of H-pyrrole nitrogens is 1. The predicted molar refractivity (Wildman–Crippen MR) is 51.3 cm³/mol. The summed E-state index contributed by atoms with van der Waals surface area (Å²) < 4.78 is 0. The van der Waals surface area contributed by atoms with Crippen molar-refractivity contribution in [2.45, 2.75) is 6.92 Å². The summed E-state index contributed by atoms with van der Waals surface area (Å²) >= 11 is 4.84. The fourth-order valence-corrected chi connectivity index (χ4v) is 0.924. The number of hydrogen-bond donors (Lipinski definition) is 3. The van der Waals surface area contributed by atoms with Crippen LogP contribution in [0.1, 0.15) is 5.69 Å². The smallest absolute Gasteiger partial charge is 0.200 e. The topological polar surface area (TPSA) is 64.2 Å². The summed E-state index contributed by atoms with van der Waals surface area (Å²) in [4.78, 5) is 3.04. The van der Waals surface area contributed by atoms with Crippen LogP contribution in [0.25, 0.3) is 0 Å². The fourth-order valence-electron chi connectivity index (χ4n) is 0.814. The maximum atomic E-state index is 5.11. The van der Waals surface area contributed by atoms with Gasteiger partial charge in [-0.15, -0.1) is 0 Å². The molecule has 0 bridgehead atoms. The molecule has 0 unspecified atom stereocenters. The SMILES string of the molecule is Cc1[nH+]cccc1NC(=S)NN. The van der Waals surface area contributed by atoms with Crippen LogP contribution in [0.3, 0.4) is 0 Å². The van der Waals surface area contributed by atoms with Gasteiger partial charge in [0.05, 0.1) is 0 Å². The average molecular weight is 183 g/mol. The summed E-state index contributed by atoms with van der Waals surface area (Å²) in [5.74, 6) is 5.11. The second-order valence-electron chi connectivity index (χ2n) is 2.31. The maximum Gasteiger partial charge on any atom is 0.200 e. The Morgan fingerprint density at radius 1 is 1.67 bits per heavy atom. The van der Waals surface area contributed by atoms with Gasteiger partial charge in [0.25, 0.3) is 0 Å². The van der Waals surface area contributed by atoms with Crippen LogP contribution in [0.2, 0.25) is 0 Å². The zero-order chi connectivity index (χ0) is 8.97. The van der Waals surface area contributed by atoms with Crippen LogP contribution in [-0.2, 0) is 0 Å². The van der Waals surface area contributed by atoms with Gasteiger partial charge in [0.2, 0.25) is 0 Å². The van der Waals surface area contributed by atoms with Gasteiger partial charge in [-0.1, -0.05) is 0 Å². The van der Waals surface area contributed by atoms with E-state index in [1.807, 2.05) is 25.3 Å². The molecule has 0 amide bonds. The molecule has 0 aromatic carbocycles. The number of anilines is 1. The zero-order valence-electron chi connectivity index (χ0n) is 6.72. The van der Waals surface area contributed by atoms with E-state index in [2.05, 4.69) is 15.7 Å². The van der Waals surface area contributed by atoms with Crippen molar-refractivity contribution < 1.29 is 4.98 Å². The monoisotopic (exact) mass is 183 g/mol. The van der Waals surface area contributed by atoms with Gasteiger partial charge < -0.3 is 10.7 Å². The number of pyridine rings is 1. The minimum atomic E-state index is 0.401. The molecular weight excluding hydrogens is 172 g/mol. The Kier molecular flexibility index (Phi) is 2.95. The third-order valence-corrected chi connectivity index (χ3v) is 1.66. The average Bonchev–Trinajstić information content (AvgIpc) is 2.09. The number of hydrazine groups is 1. The molecule has 0 saturated carbocycles. The standard InChI is InChI=1S/C7H10N4S/c1-5-6(3-2-4-9-5)10-7(12)11-8/h2-4H,8H2,1H3,(H2,10,11,12)/p+1. The molecule has 1 heterocycles. The molecule has 1 rings (SSSR count). The van der Waals surface area contributed by atoms with Crippen molar-refractivity contribution >= 4 is 23.0 Å². The minimum absolute atomic E-state index is 0.401. The van der Waals surface area contributed by atoms with E-state index >= 15 is 0 Å². The summed E-state index contributed by atoms with van der Waals surface area (Å²) in [6.07, 6.45) is 1.85. The second-order valence-corrected chi connectivity index (χ2v) is 2.72. The van der Waals surface area contributed by atoms with E-state index in [1.165, 1.54) is 0 Å². The van der Waals surface area contributed by atoms with Gasteiger partial charge in [0.1, 0.15) is 5.69 Å². The lowest BCUT2D eigenvalue weighted by molar-refractivity contribution is -0.386. The van der Waals surface area contributed by atoms with Gasteiger partial charge in [0.15, 0.2) is 17.0 Å². The quantitative estimate of drug-likeness (QED) is 0.325.